The fraction of sp³-hybridized carbons (Fsp3) is 0.939. The lowest BCUT2D eigenvalue weighted by atomic mass is 9.93. The van der Waals surface area contributed by atoms with Crippen LogP contribution in [0, 0.1) is 0 Å². The SMILES string of the molecule is CC(=O)N[C@@H]1[C@H](O[C@@H]2[C@@H](O[C@@H]3[C@H](O)[C@H](O[C@H]4[C@H](O)[C@@H](NC(C)=O)[C@H](O[C@H]5[C@H](O)[C@@H](NC(C)=O)[C@H](O)O[C@@H]5CO[C@H]5O[C@H](C)[C@H](O)[C@H](O)[C@H]5O)O[C@@H]4CO)O[C@H](CO[C@H]4O[C@H](CO)[C@@H](O)[C@H](O)[C@@H]4O[C@@H]4O[C@H](CO)[C@@H](O[C@@H]5O[C@H](CO)[C@H](O)[C@H](O)[C@H]5O)[C@H](O)[C@H]4NC(C)=O)[C@H]3O)O[C@H](CO)[C@@H](O[C@@H]3O[C@H](CO)[C@@H](O)[C@H](O[C@@H]4O[C@H](CO)[C@H](O)[C@H](O)[C@H]4O)[C@H]3NC(C)=O)[C@@H]2O)O[C@H](CO)[C@@H](O[C@@H]2O[C@H](CO)[C@H](O)[C@H](O)[C@H]2O)[C@@H]1O. The summed E-state index contributed by atoms with van der Waals surface area (Å²) in [6.45, 7) is -7.34. The summed E-state index contributed by atoms with van der Waals surface area (Å²) in [6.07, 6.45) is -120. The molecular weight excluding hydrogens is 2010 g/mol. The van der Waals surface area contributed by atoms with Crippen molar-refractivity contribution in [2.24, 2.45) is 0 Å². The number of amides is 5. The minimum Gasteiger partial charge on any atom is -0.394 e. The first-order valence-electron chi connectivity index (χ1n) is 47.0. The number of rotatable bonds is 38. The van der Waals surface area contributed by atoms with Gasteiger partial charge in [0.1, 0.15) is 287 Å². The summed E-state index contributed by atoms with van der Waals surface area (Å²) in [7, 11) is 0. The van der Waals surface area contributed by atoms with Gasteiger partial charge in [-0.15, -0.1) is 0 Å². The lowest BCUT2D eigenvalue weighted by Crippen LogP contribution is -2.72. The van der Waals surface area contributed by atoms with Crippen molar-refractivity contribution in [2.75, 3.05) is 72.7 Å². The van der Waals surface area contributed by atoms with Crippen molar-refractivity contribution in [1.29, 1.82) is 0 Å². The quantitative estimate of drug-likeness (QED) is 0.0273. The van der Waals surface area contributed by atoms with Gasteiger partial charge in [-0.3, -0.25) is 24.0 Å². The molecule has 0 unspecified atom stereocenters. The number of hydrogen-bond donors (Lipinski definition) is 37. The third-order valence-electron chi connectivity index (χ3n) is 27.0. The Morgan fingerprint density at radius 1 is 0.190 bits per heavy atom. The van der Waals surface area contributed by atoms with Gasteiger partial charge in [0.2, 0.25) is 29.5 Å². The predicted octanol–water partition coefficient (Wildman–Crippen LogP) is -25.4. The molecule has 65 nitrogen and oxygen atoms in total. The Morgan fingerprint density at radius 2 is 0.435 bits per heavy atom. The van der Waals surface area contributed by atoms with Crippen LogP contribution >= 0.6 is 0 Å². The highest BCUT2D eigenvalue weighted by atomic mass is 16.8. The molecular formula is C82H137N5O60. The van der Waals surface area contributed by atoms with Gasteiger partial charge in [0.05, 0.1) is 78.8 Å². The maximum Gasteiger partial charge on any atom is 0.217 e. The Morgan fingerprint density at radius 3 is 0.830 bits per heavy atom. The molecule has 5 amide bonds. The summed E-state index contributed by atoms with van der Waals surface area (Å²) < 4.78 is 139. The molecule has 37 N–H and O–H groups in total. The minimum absolute atomic E-state index is 0.854. The van der Waals surface area contributed by atoms with Crippen LogP contribution in [0.5, 0.6) is 0 Å². The van der Waals surface area contributed by atoms with E-state index in [9.17, 15) is 187 Å². The van der Waals surface area contributed by atoms with Crippen LogP contribution in [0.25, 0.3) is 0 Å². The van der Waals surface area contributed by atoms with Gasteiger partial charge >= 0.3 is 0 Å². The molecule has 147 heavy (non-hydrogen) atoms. The molecule has 0 aromatic rings. The first-order valence-corrected chi connectivity index (χ1v) is 47.0. The topological polar surface area (TPSA) is 1010 Å². The third kappa shape index (κ3) is 26.8. The Kier molecular flexibility index (Phi) is 43.4. The number of carbonyl (C=O) groups excluding carboxylic acids is 5. The zero-order valence-corrected chi connectivity index (χ0v) is 79.2. The molecule has 12 heterocycles. The molecule has 65 heteroatoms. The summed E-state index contributed by atoms with van der Waals surface area (Å²) in [5.74, 6) is -5.08. The molecule has 12 saturated heterocycles. The lowest BCUT2D eigenvalue weighted by molar-refractivity contribution is -0.406. The predicted molar refractivity (Wildman–Crippen MR) is 452 cm³/mol. The van der Waals surface area contributed by atoms with E-state index in [-0.39, 0.29) is 0 Å². The molecule has 850 valence electrons. The van der Waals surface area contributed by atoms with E-state index in [1.165, 1.54) is 6.92 Å². The monoisotopic (exact) mass is 2150 g/mol. The first-order chi connectivity index (χ1) is 69.5. The highest BCUT2D eigenvalue weighted by Crippen LogP contribution is 2.43. The van der Waals surface area contributed by atoms with Gasteiger partial charge in [0.25, 0.3) is 0 Å². The van der Waals surface area contributed by atoms with E-state index in [0.29, 0.717) is 0 Å². The van der Waals surface area contributed by atoms with E-state index < -0.39 is 470 Å². The summed E-state index contributed by atoms with van der Waals surface area (Å²) in [4.78, 5) is 66.1. The van der Waals surface area contributed by atoms with E-state index in [1.54, 1.807) is 0 Å². The standard InChI is InChI=1S/C82H137N5O60/c1-18-40(102)51(113)56(118)76(127-18)125-17-34-66(47(109)35(71(124)128-34)83-19(2)97)140-72-36(84-20(3)98)48(110)64(31(14-95)134-72)143-80-61(123)68(46(108)33(138-80)16-126-81-69(55(117)44(106)27(10-91)133-81)146-73-37(85-21(4)99)49(111)62(29(12-93)135-73)141-77-57(119)52(114)41(103)24(7-88)130-77)145-82-70(147-74-38(86-22(5)100)50(112)63(30(13-94)136-74)142-78-58(120)53(115)42(104)25(8-89)131-78)60(122)65(32(15-96)137-82)139-75-39(87-23(6)101)67(45(107)28(11-92)129-75)144-79-59(121)54(116)43(105)26(9-90)132-79/h18,24-82,88-96,102-124H,7-17H2,1-6H3,(H,83,97)(H,84,98)(H,85,99)(H,86,100)(H,87,101)/t18-,24-,25-,26-,27-,28-,29-,30-,31-,32-,33-,34-,35-,36-,37-,38+,39-,40+,41+,42+,43+,44-,45-,46-,47-,48-,49-,50-,51+,52+,53+,54+,55+,56-,57-,58-,59-,60+,61+,62-,63-,64-,65-,66-,67-,68+,69+,70+,71-,72+,73+,74+,75+,76+,77+,78+,79+,80+,81+,82-/m1/s1. The van der Waals surface area contributed by atoms with Crippen molar-refractivity contribution >= 4 is 29.5 Å². The molecule has 0 saturated carbocycles. The fourth-order valence-corrected chi connectivity index (χ4v) is 19.2. The normalized spacial score (nSPS) is 49.6. The highest BCUT2D eigenvalue weighted by molar-refractivity contribution is 5.75. The van der Waals surface area contributed by atoms with Gasteiger partial charge in [-0.25, -0.2) is 0 Å². The fourth-order valence-electron chi connectivity index (χ4n) is 19.2. The maximum absolute atomic E-state index is 13.5. The van der Waals surface area contributed by atoms with Crippen LogP contribution in [0.4, 0.5) is 0 Å². The number of aliphatic hydroxyl groups excluding tert-OH is 32. The number of ether oxygens (including phenoxy) is 23. The van der Waals surface area contributed by atoms with Crippen LogP contribution in [0.1, 0.15) is 41.5 Å². The van der Waals surface area contributed by atoms with E-state index in [0.717, 1.165) is 34.6 Å². The number of nitrogens with one attached hydrogen (secondary N) is 5. The number of hydrogen-bond acceptors (Lipinski definition) is 60. The van der Waals surface area contributed by atoms with Crippen LogP contribution in [0.15, 0.2) is 0 Å². The smallest absolute Gasteiger partial charge is 0.217 e. The van der Waals surface area contributed by atoms with Crippen molar-refractivity contribution in [1.82, 2.24) is 26.6 Å². The zero-order valence-electron chi connectivity index (χ0n) is 79.2. The summed E-state index contributed by atoms with van der Waals surface area (Å²) in [6, 6.07) is -10.2. The molecule has 12 rings (SSSR count). The van der Waals surface area contributed by atoms with Crippen LogP contribution in [0.2, 0.25) is 0 Å². The molecule has 60 atom stereocenters. The van der Waals surface area contributed by atoms with Gasteiger partial charge in [-0.2, -0.15) is 0 Å². The molecule has 0 bridgehead atoms. The van der Waals surface area contributed by atoms with Gasteiger partial charge < -0.3 is 299 Å². The van der Waals surface area contributed by atoms with Gasteiger partial charge in [-0.1, -0.05) is 0 Å². The summed E-state index contributed by atoms with van der Waals surface area (Å²) in [5, 5.41) is 374. The molecule has 0 radical (unpaired) electrons. The second kappa shape index (κ2) is 52.8. The average molecular weight is 2150 g/mol. The van der Waals surface area contributed by atoms with Crippen molar-refractivity contribution in [3.63, 3.8) is 0 Å². The third-order valence-corrected chi connectivity index (χ3v) is 27.0. The van der Waals surface area contributed by atoms with Crippen LogP contribution in [-0.4, -0.2) is 634 Å². The van der Waals surface area contributed by atoms with Crippen LogP contribution < -0.4 is 26.6 Å². The molecule has 12 fully saturated rings. The molecule has 0 spiro atoms. The molecule has 0 aliphatic carbocycles. The molecule has 12 aliphatic heterocycles. The van der Waals surface area contributed by atoms with E-state index in [2.05, 4.69) is 26.6 Å². The lowest BCUT2D eigenvalue weighted by Gasteiger charge is -2.52. The van der Waals surface area contributed by atoms with Crippen molar-refractivity contribution in [3.05, 3.63) is 0 Å². The Labute approximate surface area is 832 Å². The molecule has 12 aliphatic rings. The second-order valence-electron chi connectivity index (χ2n) is 37.3. The summed E-state index contributed by atoms with van der Waals surface area (Å²) >= 11 is 0. The average Bonchev–Trinajstić information content (AvgIpc) is 0.754. The Hall–Kier alpha value is -4.85. The Bertz CT molecular complexity index is 4110. The number of aliphatic hydroxyl groups is 32. The van der Waals surface area contributed by atoms with Crippen molar-refractivity contribution in [3.8, 4) is 0 Å². The van der Waals surface area contributed by atoms with Crippen LogP contribution in [0.3, 0.4) is 0 Å². The molecule has 0 aromatic carbocycles. The number of carbonyl (C=O) groups is 5. The van der Waals surface area contributed by atoms with Crippen molar-refractivity contribution < 1.29 is 296 Å². The first kappa shape index (κ1) is 121. The van der Waals surface area contributed by atoms with Gasteiger partial charge in [-0.05, 0) is 6.92 Å². The van der Waals surface area contributed by atoms with Gasteiger partial charge in [0, 0.05) is 34.6 Å². The minimum atomic E-state index is -2.81. The second-order valence-corrected chi connectivity index (χ2v) is 37.3. The largest absolute Gasteiger partial charge is 0.394 e. The van der Waals surface area contributed by atoms with E-state index in [4.69, 9.17) is 109 Å². The van der Waals surface area contributed by atoms with E-state index >= 15 is 0 Å². The highest BCUT2D eigenvalue weighted by Gasteiger charge is 2.64. The Balaban J connectivity index is 0.936. The maximum atomic E-state index is 13.5. The van der Waals surface area contributed by atoms with Gasteiger partial charge in [0.15, 0.2) is 75.5 Å². The van der Waals surface area contributed by atoms with E-state index in [1.807, 2.05) is 0 Å². The van der Waals surface area contributed by atoms with Crippen molar-refractivity contribution in [2.45, 2.75) is 410 Å². The zero-order chi connectivity index (χ0) is 108. The molecule has 0 aromatic heterocycles. The van der Waals surface area contributed by atoms with Crippen LogP contribution in [-0.2, 0) is 133 Å². The summed E-state index contributed by atoms with van der Waals surface area (Å²) in [5.41, 5.74) is 0.